The molecule has 0 aromatic carbocycles. The summed E-state index contributed by atoms with van der Waals surface area (Å²) >= 11 is 3.31. The second kappa shape index (κ2) is 4.85. The molecule has 1 aliphatic rings. The van der Waals surface area contributed by atoms with Crippen LogP contribution in [-0.4, -0.2) is 34.1 Å². The number of anilines is 1. The van der Waals surface area contributed by atoms with Crippen molar-refractivity contribution in [2.24, 2.45) is 5.92 Å². The lowest BCUT2D eigenvalue weighted by molar-refractivity contribution is 0.0692. The molecule has 1 aliphatic heterocycles. The van der Waals surface area contributed by atoms with Crippen LogP contribution in [0.3, 0.4) is 0 Å². The van der Waals surface area contributed by atoms with E-state index < -0.39 is 5.97 Å². The number of thioether (sulfide) groups is 1. The Hall–Kier alpha value is -0.750. The molecule has 15 heavy (non-hydrogen) atoms. The fourth-order valence-corrected chi connectivity index (χ4v) is 3.47. The van der Waals surface area contributed by atoms with Crippen LogP contribution in [0.2, 0.25) is 0 Å². The highest BCUT2D eigenvalue weighted by molar-refractivity contribution is 7.99. The topological polar surface area (TPSA) is 62.2 Å². The van der Waals surface area contributed by atoms with E-state index in [-0.39, 0.29) is 5.69 Å². The van der Waals surface area contributed by atoms with Crippen molar-refractivity contribution < 1.29 is 9.90 Å². The summed E-state index contributed by atoms with van der Waals surface area (Å²) in [7, 11) is 0. The number of aromatic nitrogens is 1. The maximum atomic E-state index is 10.8. The quantitative estimate of drug-likeness (QED) is 0.848. The molecule has 0 amide bonds. The highest BCUT2D eigenvalue weighted by atomic mass is 32.2. The number of rotatable bonds is 4. The Morgan fingerprint density at radius 1 is 1.73 bits per heavy atom. The molecule has 2 rings (SSSR count). The van der Waals surface area contributed by atoms with E-state index in [1.165, 1.54) is 29.3 Å². The summed E-state index contributed by atoms with van der Waals surface area (Å²) in [5.74, 6) is 2.10. The fraction of sp³-hybridized carbons (Fsp3) is 0.556. The van der Waals surface area contributed by atoms with E-state index in [0.29, 0.717) is 10.9 Å². The van der Waals surface area contributed by atoms with Gasteiger partial charge in [-0.1, -0.05) is 0 Å². The molecule has 1 atom stereocenters. The van der Waals surface area contributed by atoms with E-state index in [4.69, 9.17) is 5.11 Å². The van der Waals surface area contributed by atoms with Crippen LogP contribution in [0.5, 0.6) is 0 Å². The zero-order valence-electron chi connectivity index (χ0n) is 8.10. The van der Waals surface area contributed by atoms with Crippen molar-refractivity contribution in [3.8, 4) is 0 Å². The van der Waals surface area contributed by atoms with Crippen molar-refractivity contribution in [2.45, 2.75) is 6.42 Å². The van der Waals surface area contributed by atoms with Gasteiger partial charge >= 0.3 is 5.97 Å². The number of carboxylic acids is 1. The van der Waals surface area contributed by atoms with Gasteiger partial charge in [-0.15, -0.1) is 11.3 Å². The molecule has 0 spiro atoms. The molecule has 1 unspecified atom stereocenters. The third-order valence-electron chi connectivity index (χ3n) is 2.35. The van der Waals surface area contributed by atoms with E-state index in [1.807, 2.05) is 11.8 Å². The second-order valence-electron chi connectivity index (χ2n) is 3.45. The molecule has 1 saturated heterocycles. The first-order valence-corrected chi connectivity index (χ1v) is 6.79. The maximum Gasteiger partial charge on any atom is 0.357 e. The molecule has 1 aromatic rings. The predicted molar refractivity (Wildman–Crippen MR) is 63.0 cm³/mol. The minimum absolute atomic E-state index is 0.144. The summed E-state index contributed by atoms with van der Waals surface area (Å²) in [5.41, 5.74) is 1.71. The number of carbonyl (C=O) groups is 1. The molecule has 4 nitrogen and oxygen atoms in total. The average molecular weight is 244 g/mol. The molecule has 0 aliphatic carbocycles. The van der Waals surface area contributed by atoms with Gasteiger partial charge in [0.05, 0.1) is 5.51 Å². The van der Waals surface area contributed by atoms with E-state index in [9.17, 15) is 4.79 Å². The van der Waals surface area contributed by atoms with Crippen molar-refractivity contribution in [1.29, 1.82) is 0 Å². The Morgan fingerprint density at radius 2 is 2.60 bits per heavy atom. The standard InChI is InChI=1S/C9H12N2O2S2/c12-9(13)7-8(15-5-11-7)10-3-6-1-2-14-4-6/h5-6,10H,1-4H2,(H,12,13). The Morgan fingerprint density at radius 3 is 3.27 bits per heavy atom. The van der Waals surface area contributed by atoms with Crippen LogP contribution in [0.15, 0.2) is 5.51 Å². The number of hydrogen-bond acceptors (Lipinski definition) is 5. The lowest BCUT2D eigenvalue weighted by atomic mass is 10.1. The molecule has 1 aromatic heterocycles. The van der Waals surface area contributed by atoms with Crippen LogP contribution in [0.4, 0.5) is 5.00 Å². The molecule has 1 fully saturated rings. The summed E-state index contributed by atoms with van der Waals surface area (Å²) in [6.07, 6.45) is 1.22. The molecule has 82 valence electrons. The van der Waals surface area contributed by atoms with Crippen LogP contribution in [0.1, 0.15) is 16.9 Å². The van der Waals surface area contributed by atoms with E-state index in [1.54, 1.807) is 5.51 Å². The first kappa shape index (κ1) is 10.8. The monoisotopic (exact) mass is 244 g/mol. The third kappa shape index (κ3) is 2.63. The molecule has 0 saturated carbocycles. The highest BCUT2D eigenvalue weighted by Gasteiger charge is 2.18. The largest absolute Gasteiger partial charge is 0.476 e. The van der Waals surface area contributed by atoms with Crippen molar-refractivity contribution in [2.75, 3.05) is 23.4 Å². The lowest BCUT2D eigenvalue weighted by Gasteiger charge is -2.09. The Kier molecular flexibility index (Phi) is 3.48. The van der Waals surface area contributed by atoms with Crippen LogP contribution < -0.4 is 5.32 Å². The van der Waals surface area contributed by atoms with Crippen LogP contribution in [0.25, 0.3) is 0 Å². The molecule has 6 heteroatoms. The van der Waals surface area contributed by atoms with Gasteiger partial charge in [-0.3, -0.25) is 0 Å². The highest BCUT2D eigenvalue weighted by Crippen LogP contribution is 2.25. The predicted octanol–water partition coefficient (Wildman–Crippen LogP) is 2.01. The number of thiazole rings is 1. The van der Waals surface area contributed by atoms with Crippen LogP contribution in [0, 0.1) is 5.92 Å². The smallest absolute Gasteiger partial charge is 0.357 e. The zero-order chi connectivity index (χ0) is 10.7. The van der Waals surface area contributed by atoms with Crippen molar-refractivity contribution in [3.05, 3.63) is 11.2 Å². The number of carboxylic acid groups (broad SMARTS) is 1. The van der Waals surface area contributed by atoms with Gasteiger partial charge in [0.2, 0.25) is 0 Å². The van der Waals surface area contributed by atoms with Gasteiger partial charge < -0.3 is 10.4 Å². The lowest BCUT2D eigenvalue weighted by Crippen LogP contribution is -2.14. The van der Waals surface area contributed by atoms with Gasteiger partial charge in [0.15, 0.2) is 5.69 Å². The van der Waals surface area contributed by atoms with E-state index in [0.717, 1.165) is 6.54 Å². The second-order valence-corrected chi connectivity index (χ2v) is 5.45. The molecular weight excluding hydrogens is 232 g/mol. The van der Waals surface area contributed by atoms with Crippen LogP contribution >= 0.6 is 23.1 Å². The number of nitrogens with zero attached hydrogens (tertiary/aromatic N) is 1. The molecule has 2 N–H and O–H groups in total. The average Bonchev–Trinajstić information content (AvgIpc) is 2.86. The summed E-state index contributed by atoms with van der Waals surface area (Å²) in [5, 5.41) is 12.7. The Labute approximate surface area is 96.1 Å². The summed E-state index contributed by atoms with van der Waals surface area (Å²) in [6, 6.07) is 0. The van der Waals surface area contributed by atoms with Crippen molar-refractivity contribution in [1.82, 2.24) is 4.98 Å². The van der Waals surface area contributed by atoms with Gasteiger partial charge in [0.25, 0.3) is 0 Å². The minimum Gasteiger partial charge on any atom is -0.476 e. The number of hydrogen-bond donors (Lipinski definition) is 2. The van der Waals surface area contributed by atoms with E-state index >= 15 is 0 Å². The van der Waals surface area contributed by atoms with Gasteiger partial charge in [0.1, 0.15) is 5.00 Å². The third-order valence-corrected chi connectivity index (χ3v) is 4.36. The van der Waals surface area contributed by atoms with Crippen molar-refractivity contribution in [3.63, 3.8) is 0 Å². The number of aromatic carboxylic acids is 1. The Bertz CT molecular complexity index is 348. The first-order valence-electron chi connectivity index (χ1n) is 4.76. The van der Waals surface area contributed by atoms with Gasteiger partial charge in [-0.05, 0) is 23.8 Å². The number of nitrogens with one attached hydrogen (secondary N) is 1. The summed E-state index contributed by atoms with van der Waals surface area (Å²) < 4.78 is 0. The Balaban J connectivity index is 1.92. The van der Waals surface area contributed by atoms with Gasteiger partial charge in [-0.25, -0.2) is 9.78 Å². The summed E-state index contributed by atoms with van der Waals surface area (Å²) in [4.78, 5) is 14.6. The summed E-state index contributed by atoms with van der Waals surface area (Å²) in [6.45, 7) is 0.857. The van der Waals surface area contributed by atoms with Crippen molar-refractivity contribution >= 4 is 34.1 Å². The van der Waals surface area contributed by atoms with Gasteiger partial charge in [0, 0.05) is 6.54 Å². The zero-order valence-corrected chi connectivity index (χ0v) is 9.74. The first-order chi connectivity index (χ1) is 7.27. The molecule has 0 bridgehead atoms. The fourth-order valence-electron chi connectivity index (χ4n) is 1.51. The SMILES string of the molecule is O=C(O)c1ncsc1NCC1CCSC1. The minimum atomic E-state index is -0.959. The normalized spacial score (nSPS) is 20.4. The van der Waals surface area contributed by atoms with Crippen LogP contribution in [-0.2, 0) is 0 Å². The van der Waals surface area contributed by atoms with E-state index in [2.05, 4.69) is 10.3 Å². The molecule has 0 radical (unpaired) electrons. The maximum absolute atomic E-state index is 10.8. The van der Waals surface area contributed by atoms with Gasteiger partial charge in [-0.2, -0.15) is 11.8 Å². The molecular formula is C9H12N2O2S2. The molecule has 2 heterocycles.